The Bertz CT molecular complexity index is 434. The Morgan fingerprint density at radius 3 is 2.39 bits per heavy atom. The average Bonchev–Trinajstić information content (AvgIpc) is 2.70. The zero-order valence-electron chi connectivity index (χ0n) is 10.1. The number of carboxylic acid groups (broad SMARTS) is 1. The van der Waals surface area contributed by atoms with Crippen LogP contribution >= 0.6 is 0 Å². The summed E-state index contributed by atoms with van der Waals surface area (Å²) in [6, 6.07) is 8.12. The normalized spacial score (nSPS) is 14.2. The van der Waals surface area contributed by atoms with Crippen molar-refractivity contribution in [2.24, 2.45) is 0 Å². The van der Waals surface area contributed by atoms with E-state index in [-0.39, 0.29) is 18.9 Å². The van der Waals surface area contributed by atoms with E-state index >= 15 is 0 Å². The summed E-state index contributed by atoms with van der Waals surface area (Å²) in [6.45, 7) is 2.06. The van der Waals surface area contributed by atoms with Crippen LogP contribution in [-0.4, -0.2) is 35.0 Å². The lowest BCUT2D eigenvalue weighted by atomic mass is 10.1. The molecule has 2 rings (SSSR count). The molecule has 0 spiro atoms. The third-order valence-corrected chi connectivity index (χ3v) is 2.93. The molecule has 0 saturated heterocycles. The molecule has 5 nitrogen and oxygen atoms in total. The van der Waals surface area contributed by atoms with E-state index in [4.69, 9.17) is 5.11 Å². The fourth-order valence-corrected chi connectivity index (χ4v) is 2.08. The first-order valence-corrected chi connectivity index (χ1v) is 5.93. The molecule has 1 aromatic carbocycles. The van der Waals surface area contributed by atoms with Crippen LogP contribution in [0.25, 0.3) is 0 Å². The first-order chi connectivity index (χ1) is 8.65. The number of carboxylic acids is 1. The van der Waals surface area contributed by atoms with Crippen LogP contribution in [0.1, 0.15) is 17.5 Å². The molecule has 1 aliphatic heterocycles. The second-order valence-corrected chi connectivity index (χ2v) is 4.41. The van der Waals surface area contributed by atoms with Crippen molar-refractivity contribution in [3.05, 3.63) is 35.4 Å². The summed E-state index contributed by atoms with van der Waals surface area (Å²) in [5.41, 5.74) is 2.52. The highest BCUT2D eigenvalue weighted by Gasteiger charge is 2.19. The molecular weight excluding hydrogens is 232 g/mol. The summed E-state index contributed by atoms with van der Waals surface area (Å²) in [6.07, 6.45) is -0.0357. The van der Waals surface area contributed by atoms with Crippen LogP contribution in [0.3, 0.4) is 0 Å². The van der Waals surface area contributed by atoms with Crippen LogP contribution in [0.5, 0.6) is 0 Å². The quantitative estimate of drug-likeness (QED) is 0.800. The standard InChI is InChI=1S/C13H16N2O3/c16-12(14-6-5-13(17)18)9-15-7-10-3-1-2-4-11(10)8-15/h1-4H,5-9H2,(H,14,16)(H,17,18). The molecule has 0 aromatic heterocycles. The first-order valence-electron chi connectivity index (χ1n) is 5.93. The lowest BCUT2D eigenvalue weighted by Gasteiger charge is -2.13. The summed E-state index contributed by atoms with van der Waals surface area (Å²) >= 11 is 0. The van der Waals surface area contributed by atoms with E-state index in [0.29, 0.717) is 6.54 Å². The van der Waals surface area contributed by atoms with Crippen molar-refractivity contribution in [2.75, 3.05) is 13.1 Å². The number of nitrogens with one attached hydrogen (secondary N) is 1. The van der Waals surface area contributed by atoms with Crippen molar-refractivity contribution in [2.45, 2.75) is 19.5 Å². The fraction of sp³-hybridized carbons (Fsp3) is 0.385. The highest BCUT2D eigenvalue weighted by Crippen LogP contribution is 2.21. The van der Waals surface area contributed by atoms with Crippen LogP contribution in [-0.2, 0) is 22.7 Å². The van der Waals surface area contributed by atoms with Gasteiger partial charge in [0.2, 0.25) is 5.91 Å². The number of aliphatic carboxylic acids is 1. The molecule has 96 valence electrons. The maximum atomic E-state index is 11.6. The number of carbonyl (C=O) groups is 2. The SMILES string of the molecule is O=C(O)CCNC(=O)CN1Cc2ccccc2C1. The molecule has 18 heavy (non-hydrogen) atoms. The molecule has 1 heterocycles. The molecule has 1 aromatic rings. The van der Waals surface area contributed by atoms with Crippen molar-refractivity contribution in [3.63, 3.8) is 0 Å². The van der Waals surface area contributed by atoms with Crippen LogP contribution in [0, 0.1) is 0 Å². The summed E-state index contributed by atoms with van der Waals surface area (Å²) in [5.74, 6) is -1.02. The zero-order valence-corrected chi connectivity index (χ0v) is 10.1. The van der Waals surface area contributed by atoms with Gasteiger partial charge in [-0.15, -0.1) is 0 Å². The van der Waals surface area contributed by atoms with Crippen molar-refractivity contribution < 1.29 is 14.7 Å². The van der Waals surface area contributed by atoms with Gasteiger partial charge in [0.1, 0.15) is 0 Å². The van der Waals surface area contributed by atoms with Gasteiger partial charge in [0, 0.05) is 19.6 Å². The Morgan fingerprint density at radius 1 is 1.22 bits per heavy atom. The van der Waals surface area contributed by atoms with Gasteiger partial charge in [-0.1, -0.05) is 24.3 Å². The number of hydrogen-bond donors (Lipinski definition) is 2. The second-order valence-electron chi connectivity index (χ2n) is 4.41. The van der Waals surface area contributed by atoms with Crippen molar-refractivity contribution >= 4 is 11.9 Å². The highest BCUT2D eigenvalue weighted by molar-refractivity contribution is 5.78. The van der Waals surface area contributed by atoms with E-state index in [2.05, 4.69) is 17.4 Å². The van der Waals surface area contributed by atoms with Gasteiger partial charge >= 0.3 is 5.97 Å². The fourth-order valence-electron chi connectivity index (χ4n) is 2.08. The van der Waals surface area contributed by atoms with Gasteiger partial charge in [0.05, 0.1) is 13.0 Å². The van der Waals surface area contributed by atoms with Crippen molar-refractivity contribution in [3.8, 4) is 0 Å². The van der Waals surface area contributed by atoms with Gasteiger partial charge in [-0.25, -0.2) is 0 Å². The predicted molar refractivity (Wildman–Crippen MR) is 65.8 cm³/mol. The monoisotopic (exact) mass is 248 g/mol. The van der Waals surface area contributed by atoms with E-state index < -0.39 is 5.97 Å². The summed E-state index contributed by atoms with van der Waals surface area (Å²) in [7, 11) is 0. The Morgan fingerprint density at radius 2 is 1.83 bits per heavy atom. The van der Waals surface area contributed by atoms with E-state index in [1.165, 1.54) is 11.1 Å². The van der Waals surface area contributed by atoms with Crippen LogP contribution in [0.4, 0.5) is 0 Å². The largest absolute Gasteiger partial charge is 0.481 e. The van der Waals surface area contributed by atoms with Gasteiger partial charge in [-0.05, 0) is 11.1 Å². The van der Waals surface area contributed by atoms with E-state index in [9.17, 15) is 9.59 Å². The number of carbonyl (C=O) groups excluding carboxylic acids is 1. The van der Waals surface area contributed by atoms with Gasteiger partial charge in [-0.2, -0.15) is 0 Å². The summed E-state index contributed by atoms with van der Waals surface area (Å²) in [5, 5.41) is 11.1. The number of fused-ring (bicyclic) bond motifs is 1. The highest BCUT2D eigenvalue weighted by atomic mass is 16.4. The van der Waals surface area contributed by atoms with Gasteiger partial charge < -0.3 is 10.4 Å². The maximum Gasteiger partial charge on any atom is 0.305 e. The van der Waals surface area contributed by atoms with Crippen LogP contribution in [0.2, 0.25) is 0 Å². The topological polar surface area (TPSA) is 69.6 Å². The molecule has 1 amide bonds. The van der Waals surface area contributed by atoms with Crippen molar-refractivity contribution in [1.82, 2.24) is 10.2 Å². The minimum atomic E-state index is -0.899. The summed E-state index contributed by atoms with van der Waals surface area (Å²) in [4.78, 5) is 23.9. The molecular formula is C13H16N2O3. The van der Waals surface area contributed by atoms with Gasteiger partial charge in [0.15, 0.2) is 0 Å². The smallest absolute Gasteiger partial charge is 0.305 e. The van der Waals surface area contributed by atoms with Crippen LogP contribution in [0.15, 0.2) is 24.3 Å². The number of hydrogen-bond acceptors (Lipinski definition) is 3. The Kier molecular flexibility index (Phi) is 3.94. The van der Waals surface area contributed by atoms with Gasteiger partial charge in [-0.3, -0.25) is 14.5 Å². The van der Waals surface area contributed by atoms with E-state index in [1.54, 1.807) is 0 Å². The maximum absolute atomic E-state index is 11.6. The Labute approximate surface area is 105 Å². The molecule has 0 atom stereocenters. The van der Waals surface area contributed by atoms with Crippen LogP contribution < -0.4 is 5.32 Å². The number of rotatable bonds is 5. The first kappa shape index (κ1) is 12.6. The molecule has 0 unspecified atom stereocenters. The molecule has 1 aliphatic rings. The molecule has 0 bridgehead atoms. The minimum absolute atomic E-state index is 0.0357. The predicted octanol–water partition coefficient (Wildman–Crippen LogP) is 0.593. The number of benzene rings is 1. The summed E-state index contributed by atoms with van der Waals surface area (Å²) < 4.78 is 0. The minimum Gasteiger partial charge on any atom is -0.481 e. The Balaban J connectivity index is 1.76. The second kappa shape index (κ2) is 5.64. The number of amides is 1. The molecule has 0 saturated carbocycles. The number of nitrogens with zero attached hydrogens (tertiary/aromatic N) is 1. The van der Waals surface area contributed by atoms with E-state index in [1.807, 2.05) is 17.0 Å². The Hall–Kier alpha value is -1.88. The van der Waals surface area contributed by atoms with Gasteiger partial charge in [0.25, 0.3) is 0 Å². The molecule has 0 aliphatic carbocycles. The zero-order chi connectivity index (χ0) is 13.0. The molecule has 2 N–H and O–H groups in total. The van der Waals surface area contributed by atoms with E-state index in [0.717, 1.165) is 13.1 Å². The molecule has 0 fully saturated rings. The van der Waals surface area contributed by atoms with Crippen molar-refractivity contribution in [1.29, 1.82) is 0 Å². The molecule has 0 radical (unpaired) electrons. The third kappa shape index (κ3) is 3.30. The lowest BCUT2D eigenvalue weighted by molar-refractivity contribution is -0.136. The molecule has 5 heteroatoms. The lowest BCUT2D eigenvalue weighted by Crippen LogP contribution is -2.35. The third-order valence-electron chi connectivity index (χ3n) is 2.93. The average molecular weight is 248 g/mol.